The number of fused-ring (bicyclic) bond motifs is 1. The summed E-state index contributed by atoms with van der Waals surface area (Å²) in [4.78, 5) is 22.7. The van der Waals surface area contributed by atoms with E-state index in [4.69, 9.17) is 0 Å². The molecule has 1 aliphatic rings. The molecule has 0 aromatic carbocycles. The van der Waals surface area contributed by atoms with E-state index < -0.39 is 0 Å². The molecular formula is C17H14FIN7OP. The Morgan fingerprint density at radius 1 is 1.36 bits per heavy atom. The van der Waals surface area contributed by atoms with Gasteiger partial charge in [-0.1, -0.05) is 0 Å². The number of hydrogen-bond acceptors (Lipinski definition) is 6. The first kappa shape index (κ1) is 19.0. The first-order valence-electron chi connectivity index (χ1n) is 8.37. The van der Waals surface area contributed by atoms with Crippen molar-refractivity contribution >= 4 is 34.1 Å². The second kappa shape index (κ2) is 7.93. The van der Waals surface area contributed by atoms with Crippen molar-refractivity contribution in [3.8, 4) is 6.07 Å². The lowest BCUT2D eigenvalue weighted by Gasteiger charge is -2.29. The van der Waals surface area contributed by atoms with Crippen LogP contribution in [0.2, 0.25) is 0 Å². The molecule has 0 fully saturated rings. The average Bonchev–Trinajstić information content (AvgIpc) is 3.09. The molecule has 0 spiro atoms. The van der Waals surface area contributed by atoms with E-state index >= 15 is 0 Å². The Bertz CT molecular complexity index is 1140. The van der Waals surface area contributed by atoms with E-state index in [0.717, 1.165) is 17.0 Å². The van der Waals surface area contributed by atoms with Crippen LogP contribution < -0.4 is 10.5 Å². The van der Waals surface area contributed by atoms with Gasteiger partial charge in [-0.15, -0.1) is 0 Å². The maximum atomic E-state index is 13.4. The van der Waals surface area contributed by atoms with Gasteiger partial charge in [0, 0.05) is 24.9 Å². The van der Waals surface area contributed by atoms with Gasteiger partial charge in [-0.05, 0) is 33.7 Å². The molecule has 1 unspecified atom stereocenters. The highest BCUT2D eigenvalue weighted by molar-refractivity contribution is 14.2. The van der Waals surface area contributed by atoms with Crippen molar-refractivity contribution in [1.82, 2.24) is 24.1 Å². The highest BCUT2D eigenvalue weighted by Gasteiger charge is 2.24. The maximum Gasteiger partial charge on any atom is 0.290 e. The van der Waals surface area contributed by atoms with E-state index in [9.17, 15) is 14.4 Å². The monoisotopic (exact) mass is 509 g/mol. The van der Waals surface area contributed by atoms with E-state index in [2.05, 4.69) is 37.1 Å². The lowest BCUT2D eigenvalue weighted by molar-refractivity contribution is 0.613. The lowest BCUT2D eigenvalue weighted by Crippen LogP contribution is -2.34. The van der Waals surface area contributed by atoms with Gasteiger partial charge in [0.25, 0.3) is 5.56 Å². The summed E-state index contributed by atoms with van der Waals surface area (Å²) in [6.07, 6.45) is 6.96. The van der Waals surface area contributed by atoms with Crippen LogP contribution in [0.25, 0.3) is 0 Å². The van der Waals surface area contributed by atoms with E-state index in [0.29, 0.717) is 31.7 Å². The standard InChI is InChI=1S/C17H14FIN7OP/c18-12-3-11(5-21-6-12)8-25-10-22-14-9-24(2-1-15(14)25)16-7-23-26(28-19)17(27)13(16)4-20/h3,5-7,10,28H,1-2,8-9H2. The third-order valence-electron chi connectivity index (χ3n) is 4.60. The number of nitrogens with zero attached hydrogens (tertiary/aromatic N) is 7. The van der Waals surface area contributed by atoms with Crippen LogP contribution in [0.5, 0.6) is 0 Å². The Balaban J connectivity index is 1.60. The molecule has 0 N–H and O–H groups in total. The zero-order valence-electron chi connectivity index (χ0n) is 14.5. The number of nitriles is 1. The quantitative estimate of drug-likeness (QED) is 0.396. The molecule has 0 bridgehead atoms. The SMILES string of the molecule is N#Cc1c(N2CCc3c(ncn3Cc3cncc(F)c3)C2)cnn(PI)c1=O. The second-order valence-corrected chi connectivity index (χ2v) is 8.31. The van der Waals surface area contributed by atoms with Gasteiger partial charge in [0.2, 0.25) is 0 Å². The number of pyridine rings is 1. The molecule has 1 atom stereocenters. The molecule has 4 heterocycles. The van der Waals surface area contributed by atoms with Crippen LogP contribution in [0.3, 0.4) is 0 Å². The third-order valence-corrected chi connectivity index (χ3v) is 6.45. The summed E-state index contributed by atoms with van der Waals surface area (Å²) < 4.78 is 16.7. The van der Waals surface area contributed by atoms with Gasteiger partial charge in [-0.25, -0.2) is 13.8 Å². The van der Waals surface area contributed by atoms with Gasteiger partial charge in [0.15, 0.2) is 0 Å². The number of anilines is 1. The van der Waals surface area contributed by atoms with Crippen LogP contribution in [0.15, 0.2) is 35.8 Å². The fraction of sp³-hybridized carbons (Fsp3) is 0.235. The van der Waals surface area contributed by atoms with Gasteiger partial charge >= 0.3 is 0 Å². The first-order valence-corrected chi connectivity index (χ1v) is 12.4. The topological polar surface area (TPSA) is 92.6 Å². The largest absolute Gasteiger partial charge is 0.363 e. The molecule has 0 saturated carbocycles. The minimum absolute atomic E-state index is 0.105. The maximum absolute atomic E-state index is 13.4. The van der Waals surface area contributed by atoms with Crippen molar-refractivity contribution in [1.29, 1.82) is 5.26 Å². The number of rotatable bonds is 4. The summed E-state index contributed by atoms with van der Waals surface area (Å²) in [7, 11) is 0. The summed E-state index contributed by atoms with van der Waals surface area (Å²) >= 11 is 2.06. The molecule has 0 saturated heterocycles. The van der Waals surface area contributed by atoms with E-state index in [1.54, 1.807) is 18.7 Å². The molecule has 0 amide bonds. The molecule has 142 valence electrons. The lowest BCUT2D eigenvalue weighted by atomic mass is 10.1. The smallest absolute Gasteiger partial charge is 0.290 e. The Labute approximate surface area is 174 Å². The van der Waals surface area contributed by atoms with E-state index in [-0.39, 0.29) is 23.3 Å². The molecule has 3 aromatic heterocycles. The minimum Gasteiger partial charge on any atom is -0.363 e. The van der Waals surface area contributed by atoms with Crippen molar-refractivity contribution in [3.05, 3.63) is 69.7 Å². The van der Waals surface area contributed by atoms with Gasteiger partial charge in [0.05, 0.1) is 49.6 Å². The van der Waals surface area contributed by atoms with Gasteiger partial charge in [-0.2, -0.15) is 10.4 Å². The molecule has 3 aromatic rings. The normalized spacial score (nSPS) is 13.7. The average molecular weight is 509 g/mol. The van der Waals surface area contributed by atoms with Gasteiger partial charge < -0.3 is 9.47 Å². The van der Waals surface area contributed by atoms with Crippen LogP contribution in [0, 0.1) is 17.1 Å². The minimum atomic E-state index is -0.373. The summed E-state index contributed by atoms with van der Waals surface area (Å²) in [5.74, 6) is -0.365. The summed E-state index contributed by atoms with van der Waals surface area (Å²) in [6.45, 7) is 1.60. The first-order chi connectivity index (χ1) is 13.6. The Hall–Kier alpha value is -2.38. The molecule has 4 rings (SSSR count). The second-order valence-electron chi connectivity index (χ2n) is 6.27. The molecule has 1 aliphatic heterocycles. The summed E-state index contributed by atoms with van der Waals surface area (Å²) in [5, 5.41) is 13.6. The molecular weight excluding hydrogens is 495 g/mol. The predicted molar refractivity (Wildman–Crippen MR) is 111 cm³/mol. The fourth-order valence-corrected chi connectivity index (χ4v) is 4.62. The van der Waals surface area contributed by atoms with E-state index in [1.165, 1.54) is 16.7 Å². The summed E-state index contributed by atoms with van der Waals surface area (Å²) in [6, 6.07) is 3.48. The van der Waals surface area contributed by atoms with Crippen molar-refractivity contribution < 1.29 is 4.39 Å². The van der Waals surface area contributed by atoms with Crippen molar-refractivity contribution in [2.45, 2.75) is 19.5 Å². The number of halogens is 2. The molecule has 0 aliphatic carbocycles. The van der Waals surface area contributed by atoms with E-state index in [1.807, 2.05) is 15.5 Å². The number of aromatic nitrogens is 5. The predicted octanol–water partition coefficient (Wildman–Crippen LogP) is 2.25. The van der Waals surface area contributed by atoms with Crippen molar-refractivity contribution in [2.75, 3.05) is 11.4 Å². The fourth-order valence-electron chi connectivity index (χ4n) is 3.30. The third kappa shape index (κ3) is 3.52. The Morgan fingerprint density at radius 2 is 2.21 bits per heavy atom. The zero-order chi connectivity index (χ0) is 19.7. The van der Waals surface area contributed by atoms with Crippen LogP contribution in [0.4, 0.5) is 10.1 Å². The number of hydrogen-bond donors (Lipinski definition) is 0. The van der Waals surface area contributed by atoms with Crippen LogP contribution >= 0.6 is 28.4 Å². The van der Waals surface area contributed by atoms with Crippen molar-refractivity contribution in [2.24, 2.45) is 0 Å². The van der Waals surface area contributed by atoms with Crippen LogP contribution in [-0.2, 0) is 19.5 Å². The van der Waals surface area contributed by atoms with Crippen LogP contribution in [-0.4, -0.2) is 30.6 Å². The Kier molecular flexibility index (Phi) is 5.37. The Morgan fingerprint density at radius 3 is 2.96 bits per heavy atom. The van der Waals surface area contributed by atoms with Gasteiger partial charge in [-0.3, -0.25) is 9.78 Å². The zero-order valence-corrected chi connectivity index (χ0v) is 17.7. The van der Waals surface area contributed by atoms with Gasteiger partial charge in [0.1, 0.15) is 17.4 Å². The molecule has 8 nitrogen and oxygen atoms in total. The molecule has 11 heteroatoms. The van der Waals surface area contributed by atoms with Crippen LogP contribution in [0.1, 0.15) is 22.5 Å². The molecule has 28 heavy (non-hydrogen) atoms. The highest BCUT2D eigenvalue weighted by atomic mass is 127. The highest BCUT2D eigenvalue weighted by Crippen LogP contribution is 2.27. The number of imidazole rings is 1. The molecule has 0 radical (unpaired) electrons. The summed E-state index contributed by atoms with van der Waals surface area (Å²) in [5.41, 5.74) is 2.97. The van der Waals surface area contributed by atoms with Crippen molar-refractivity contribution in [3.63, 3.8) is 0 Å².